The number of sulfonamides is 1. The van der Waals surface area contributed by atoms with Crippen LogP contribution in [0.3, 0.4) is 0 Å². The predicted molar refractivity (Wildman–Crippen MR) is 138 cm³/mol. The standard InChI is InChI=1S/C27H31N3O3S/c1-21(2)24-16-18-25(19-17-24)30(34(32,33)26-12-8-5-9-13-26)20-27(31)29-28-22(3)14-15-23-10-6-4-7-11-23/h4-13,16-19,21H,14-15,20H2,1-3H3,(H,29,31)/b28-22-. The van der Waals surface area contributed by atoms with Gasteiger partial charge in [0.1, 0.15) is 6.54 Å². The second-order valence-corrected chi connectivity index (χ2v) is 10.3. The topological polar surface area (TPSA) is 78.8 Å². The monoisotopic (exact) mass is 477 g/mol. The minimum Gasteiger partial charge on any atom is -0.271 e. The first-order valence-electron chi connectivity index (χ1n) is 11.3. The Hall–Kier alpha value is -3.45. The number of nitrogens with one attached hydrogen (secondary N) is 1. The molecule has 0 atom stereocenters. The molecule has 0 radical (unpaired) electrons. The Morgan fingerprint density at radius 2 is 1.50 bits per heavy atom. The molecule has 178 valence electrons. The van der Waals surface area contributed by atoms with Crippen LogP contribution in [0.4, 0.5) is 5.69 Å². The minimum atomic E-state index is -3.94. The number of carbonyl (C=O) groups is 1. The van der Waals surface area contributed by atoms with Crippen molar-refractivity contribution in [2.75, 3.05) is 10.8 Å². The van der Waals surface area contributed by atoms with E-state index in [1.807, 2.05) is 49.4 Å². The lowest BCUT2D eigenvalue weighted by Crippen LogP contribution is -2.39. The minimum absolute atomic E-state index is 0.123. The van der Waals surface area contributed by atoms with E-state index in [-0.39, 0.29) is 11.4 Å². The van der Waals surface area contributed by atoms with Gasteiger partial charge in [-0.1, -0.05) is 74.5 Å². The van der Waals surface area contributed by atoms with Crippen molar-refractivity contribution in [2.24, 2.45) is 5.10 Å². The van der Waals surface area contributed by atoms with E-state index in [2.05, 4.69) is 24.4 Å². The molecule has 3 rings (SSSR count). The average molecular weight is 478 g/mol. The van der Waals surface area contributed by atoms with Crippen LogP contribution in [-0.4, -0.2) is 26.6 Å². The van der Waals surface area contributed by atoms with Gasteiger partial charge in [0.2, 0.25) is 0 Å². The van der Waals surface area contributed by atoms with Crippen molar-refractivity contribution in [3.63, 3.8) is 0 Å². The molecule has 0 saturated heterocycles. The number of hydrogen-bond donors (Lipinski definition) is 1. The number of rotatable bonds is 10. The molecule has 0 bridgehead atoms. The first-order chi connectivity index (χ1) is 16.3. The molecule has 0 aromatic heterocycles. The molecule has 3 aromatic carbocycles. The van der Waals surface area contributed by atoms with Gasteiger partial charge in [-0.3, -0.25) is 9.10 Å². The average Bonchev–Trinajstić information content (AvgIpc) is 2.86. The fraction of sp³-hybridized carbons (Fsp3) is 0.259. The molecule has 0 aliphatic heterocycles. The number of benzene rings is 3. The first-order valence-corrected chi connectivity index (χ1v) is 12.7. The maximum Gasteiger partial charge on any atom is 0.264 e. The van der Waals surface area contributed by atoms with E-state index in [4.69, 9.17) is 0 Å². The number of hydrogen-bond acceptors (Lipinski definition) is 4. The van der Waals surface area contributed by atoms with Crippen molar-refractivity contribution in [1.82, 2.24) is 5.43 Å². The molecule has 0 saturated carbocycles. The summed E-state index contributed by atoms with van der Waals surface area (Å²) in [6.45, 7) is 5.60. The van der Waals surface area contributed by atoms with Gasteiger partial charge in [-0.25, -0.2) is 13.8 Å². The van der Waals surface area contributed by atoms with E-state index in [0.717, 1.165) is 22.0 Å². The molecule has 3 aromatic rings. The van der Waals surface area contributed by atoms with Crippen LogP contribution in [0.25, 0.3) is 0 Å². The molecule has 0 unspecified atom stereocenters. The van der Waals surface area contributed by atoms with Gasteiger partial charge in [0.25, 0.3) is 15.9 Å². The Morgan fingerprint density at radius 3 is 2.09 bits per heavy atom. The van der Waals surface area contributed by atoms with Crippen LogP contribution in [0.15, 0.2) is 94.9 Å². The van der Waals surface area contributed by atoms with Gasteiger partial charge in [0.05, 0.1) is 10.6 Å². The highest BCUT2D eigenvalue weighted by atomic mass is 32.2. The Balaban J connectivity index is 1.76. The lowest BCUT2D eigenvalue weighted by atomic mass is 10.0. The van der Waals surface area contributed by atoms with Crippen LogP contribution in [0.1, 0.15) is 44.2 Å². The summed E-state index contributed by atoms with van der Waals surface area (Å²) in [5.41, 5.74) is 5.97. The third-order valence-electron chi connectivity index (χ3n) is 5.46. The molecule has 0 spiro atoms. The number of amides is 1. The summed E-state index contributed by atoms with van der Waals surface area (Å²) in [5, 5.41) is 4.17. The summed E-state index contributed by atoms with van der Waals surface area (Å²) in [4.78, 5) is 12.9. The van der Waals surface area contributed by atoms with E-state index in [0.29, 0.717) is 18.0 Å². The van der Waals surface area contributed by atoms with E-state index in [1.54, 1.807) is 30.3 Å². The fourth-order valence-corrected chi connectivity index (χ4v) is 4.85. The van der Waals surface area contributed by atoms with Gasteiger partial charge >= 0.3 is 0 Å². The maximum atomic E-state index is 13.4. The highest BCUT2D eigenvalue weighted by Crippen LogP contribution is 2.25. The van der Waals surface area contributed by atoms with Crippen molar-refractivity contribution in [1.29, 1.82) is 0 Å². The van der Waals surface area contributed by atoms with Gasteiger partial charge in [-0.05, 0) is 61.1 Å². The summed E-state index contributed by atoms with van der Waals surface area (Å²) in [6, 6.07) is 25.4. The summed E-state index contributed by atoms with van der Waals surface area (Å²) in [5.74, 6) is -0.198. The van der Waals surface area contributed by atoms with Gasteiger partial charge < -0.3 is 0 Å². The number of carbonyl (C=O) groups excluding carboxylic acids is 1. The molecule has 34 heavy (non-hydrogen) atoms. The second kappa shape index (κ2) is 11.6. The molecule has 1 N–H and O–H groups in total. The Kier molecular flexibility index (Phi) is 8.60. The predicted octanol–water partition coefficient (Wildman–Crippen LogP) is 5.13. The van der Waals surface area contributed by atoms with E-state index in [1.165, 1.54) is 17.7 Å². The van der Waals surface area contributed by atoms with Crippen LogP contribution in [0.2, 0.25) is 0 Å². The van der Waals surface area contributed by atoms with Gasteiger partial charge in [0.15, 0.2) is 0 Å². The van der Waals surface area contributed by atoms with Crippen molar-refractivity contribution in [3.8, 4) is 0 Å². The molecule has 0 fully saturated rings. The van der Waals surface area contributed by atoms with Crippen LogP contribution >= 0.6 is 0 Å². The van der Waals surface area contributed by atoms with Crippen molar-refractivity contribution < 1.29 is 13.2 Å². The Morgan fingerprint density at radius 1 is 0.912 bits per heavy atom. The third-order valence-corrected chi connectivity index (χ3v) is 7.24. The highest BCUT2D eigenvalue weighted by Gasteiger charge is 2.27. The highest BCUT2D eigenvalue weighted by molar-refractivity contribution is 7.92. The zero-order valence-electron chi connectivity index (χ0n) is 19.8. The maximum absolute atomic E-state index is 13.4. The Bertz CT molecular complexity index is 1210. The van der Waals surface area contributed by atoms with Crippen molar-refractivity contribution >= 4 is 27.3 Å². The number of aryl methyl sites for hydroxylation is 1. The van der Waals surface area contributed by atoms with Crippen LogP contribution in [-0.2, 0) is 21.2 Å². The normalized spacial score (nSPS) is 11.9. The first kappa shape index (κ1) is 25.2. The molecule has 0 heterocycles. The summed E-state index contributed by atoms with van der Waals surface area (Å²) < 4.78 is 27.9. The molecular formula is C27H31N3O3S. The number of anilines is 1. The Labute approximate surface area is 202 Å². The molecular weight excluding hydrogens is 446 g/mol. The zero-order valence-corrected chi connectivity index (χ0v) is 20.6. The zero-order chi connectivity index (χ0) is 24.6. The van der Waals surface area contributed by atoms with Crippen molar-refractivity contribution in [3.05, 3.63) is 96.1 Å². The van der Waals surface area contributed by atoms with Crippen LogP contribution in [0.5, 0.6) is 0 Å². The third kappa shape index (κ3) is 6.78. The number of nitrogens with zero attached hydrogens (tertiary/aromatic N) is 2. The molecule has 6 nitrogen and oxygen atoms in total. The van der Waals surface area contributed by atoms with Gasteiger partial charge in [-0.15, -0.1) is 0 Å². The summed E-state index contributed by atoms with van der Waals surface area (Å²) in [7, 11) is -3.94. The lowest BCUT2D eigenvalue weighted by molar-refractivity contribution is -0.119. The number of hydrazone groups is 1. The van der Waals surface area contributed by atoms with Crippen LogP contribution < -0.4 is 9.73 Å². The van der Waals surface area contributed by atoms with Gasteiger partial charge in [0, 0.05) is 5.71 Å². The SMILES string of the molecule is C/C(CCc1ccccc1)=N/NC(=O)CN(c1ccc(C(C)C)cc1)S(=O)(=O)c1ccccc1. The van der Waals surface area contributed by atoms with Gasteiger partial charge in [-0.2, -0.15) is 5.10 Å². The van der Waals surface area contributed by atoms with E-state index in [9.17, 15) is 13.2 Å². The molecule has 1 amide bonds. The summed E-state index contributed by atoms with van der Waals surface area (Å²) in [6.07, 6.45) is 1.50. The molecule has 0 aliphatic carbocycles. The molecule has 7 heteroatoms. The fourth-order valence-electron chi connectivity index (χ4n) is 3.41. The largest absolute Gasteiger partial charge is 0.271 e. The quantitative estimate of drug-likeness (QED) is 0.325. The van der Waals surface area contributed by atoms with E-state index >= 15 is 0 Å². The lowest BCUT2D eigenvalue weighted by Gasteiger charge is -2.24. The van der Waals surface area contributed by atoms with Crippen molar-refractivity contribution in [2.45, 2.75) is 44.4 Å². The second-order valence-electron chi connectivity index (χ2n) is 8.44. The van der Waals surface area contributed by atoms with Crippen LogP contribution in [0, 0.1) is 0 Å². The molecule has 0 aliphatic rings. The summed E-state index contributed by atoms with van der Waals surface area (Å²) >= 11 is 0. The smallest absolute Gasteiger partial charge is 0.264 e. The van der Waals surface area contributed by atoms with E-state index < -0.39 is 15.9 Å².